The van der Waals surface area contributed by atoms with Gasteiger partial charge in [0, 0.05) is 18.0 Å². The fraction of sp³-hybridized carbons (Fsp3) is 0.167. The molecular weight excluding hydrogens is 244 g/mol. The average molecular weight is 260 g/mol. The van der Waals surface area contributed by atoms with E-state index in [0.717, 1.165) is 35.3 Å². The number of rotatable bonds is 2. The molecule has 3 rings (SSSR count). The number of para-hydroxylation sites is 2. The Morgan fingerprint density at radius 1 is 1.00 bits per heavy atom. The number of nitrogens with zero attached hydrogens (tertiary/aromatic N) is 2. The van der Waals surface area contributed by atoms with Crippen LogP contribution in [0.5, 0.6) is 0 Å². The van der Waals surface area contributed by atoms with E-state index in [1.165, 1.54) is 0 Å². The maximum absolute atomic E-state index is 4.68. The molecule has 0 unspecified atom stereocenters. The van der Waals surface area contributed by atoms with Crippen LogP contribution in [0, 0.1) is 12.0 Å². The van der Waals surface area contributed by atoms with E-state index < -0.39 is 0 Å². The highest BCUT2D eigenvalue weighted by Gasteiger charge is 2.07. The van der Waals surface area contributed by atoms with Crippen molar-refractivity contribution in [1.29, 1.82) is 0 Å². The smallest absolute Gasteiger partial charge is 0.121 e. The van der Waals surface area contributed by atoms with Crippen molar-refractivity contribution in [3.63, 3.8) is 0 Å². The summed E-state index contributed by atoms with van der Waals surface area (Å²) < 4.78 is 2.02. The van der Waals surface area contributed by atoms with Crippen molar-refractivity contribution in [1.82, 2.24) is 9.55 Å². The quantitative estimate of drug-likeness (QED) is 0.640. The summed E-state index contributed by atoms with van der Waals surface area (Å²) in [5.74, 6) is 4.25. The summed E-state index contributed by atoms with van der Waals surface area (Å²) in [4.78, 5) is 4.68. The van der Waals surface area contributed by atoms with Gasteiger partial charge in [-0.15, -0.1) is 0 Å². The summed E-state index contributed by atoms with van der Waals surface area (Å²) in [6.07, 6.45) is 2.01. The van der Waals surface area contributed by atoms with Crippen LogP contribution in [0.3, 0.4) is 0 Å². The molecule has 0 fully saturated rings. The number of imidazole rings is 1. The molecule has 0 aliphatic heterocycles. The maximum atomic E-state index is 4.68. The Morgan fingerprint density at radius 2 is 1.75 bits per heavy atom. The van der Waals surface area contributed by atoms with E-state index in [-0.39, 0.29) is 0 Å². The summed E-state index contributed by atoms with van der Waals surface area (Å²) >= 11 is 0. The number of hydrogen-bond acceptors (Lipinski definition) is 1. The molecule has 3 aromatic rings. The summed E-state index contributed by atoms with van der Waals surface area (Å²) in [7, 11) is 0. The largest absolute Gasteiger partial charge is 0.254 e. The highest BCUT2D eigenvalue weighted by Crippen LogP contribution is 2.16. The molecule has 2 heteroatoms. The normalized spacial score (nSPS) is 10.2. The predicted octanol–water partition coefficient (Wildman–Crippen LogP) is 3.85. The number of benzene rings is 2. The average Bonchev–Trinajstić information content (AvgIpc) is 2.84. The van der Waals surface area contributed by atoms with Gasteiger partial charge in [-0.05, 0) is 36.6 Å². The second-order valence-electron chi connectivity index (χ2n) is 4.70. The molecule has 0 atom stereocenters. The zero-order chi connectivity index (χ0) is 13.8. The van der Waals surface area contributed by atoms with E-state index in [0.29, 0.717) is 0 Å². The van der Waals surface area contributed by atoms with Gasteiger partial charge in [-0.25, -0.2) is 4.98 Å². The molecule has 98 valence electrons. The Bertz CT molecular complexity index is 773. The minimum atomic E-state index is 0.943. The zero-order valence-corrected chi connectivity index (χ0v) is 11.5. The number of aromatic nitrogens is 2. The monoisotopic (exact) mass is 260 g/mol. The van der Waals surface area contributed by atoms with Crippen LogP contribution in [0.25, 0.3) is 11.0 Å². The van der Waals surface area contributed by atoms with Gasteiger partial charge in [0.1, 0.15) is 5.82 Å². The van der Waals surface area contributed by atoms with Crippen molar-refractivity contribution in [2.75, 3.05) is 0 Å². The molecule has 2 aromatic carbocycles. The molecule has 0 N–H and O–H groups in total. The Hall–Kier alpha value is -2.53. The first-order valence-corrected chi connectivity index (χ1v) is 6.92. The highest BCUT2D eigenvalue weighted by atomic mass is 15.1. The molecule has 0 spiro atoms. The Balaban J connectivity index is 2.10. The molecule has 0 saturated heterocycles. The Labute approximate surface area is 119 Å². The van der Waals surface area contributed by atoms with E-state index in [2.05, 4.69) is 29.9 Å². The van der Waals surface area contributed by atoms with Crippen molar-refractivity contribution in [2.24, 2.45) is 0 Å². The van der Waals surface area contributed by atoms with E-state index in [1.54, 1.807) is 0 Å². The fourth-order valence-corrected chi connectivity index (χ4v) is 2.23. The first-order valence-electron chi connectivity index (χ1n) is 6.92. The summed E-state index contributed by atoms with van der Waals surface area (Å²) in [5.41, 5.74) is 3.12. The van der Waals surface area contributed by atoms with Gasteiger partial charge in [0.15, 0.2) is 0 Å². The lowest BCUT2D eigenvalue weighted by atomic mass is 10.2. The van der Waals surface area contributed by atoms with Crippen LogP contribution in [0.2, 0.25) is 0 Å². The van der Waals surface area contributed by atoms with Gasteiger partial charge in [0.25, 0.3) is 0 Å². The number of fused-ring (bicyclic) bond motifs is 1. The lowest BCUT2D eigenvalue weighted by Gasteiger charge is -1.98. The van der Waals surface area contributed by atoms with Crippen molar-refractivity contribution < 1.29 is 0 Å². The first-order chi connectivity index (χ1) is 9.88. The summed E-state index contributed by atoms with van der Waals surface area (Å²) in [5, 5.41) is 0. The van der Waals surface area contributed by atoms with Gasteiger partial charge >= 0.3 is 0 Å². The third-order valence-corrected chi connectivity index (χ3v) is 3.19. The van der Waals surface area contributed by atoms with E-state index >= 15 is 0 Å². The van der Waals surface area contributed by atoms with Gasteiger partial charge < -0.3 is 0 Å². The lowest BCUT2D eigenvalue weighted by Crippen LogP contribution is -1.97. The highest BCUT2D eigenvalue weighted by molar-refractivity contribution is 5.77. The molecule has 1 aromatic heterocycles. The van der Waals surface area contributed by atoms with Gasteiger partial charge in [-0.1, -0.05) is 37.3 Å². The van der Waals surface area contributed by atoms with Crippen LogP contribution >= 0.6 is 0 Å². The summed E-state index contributed by atoms with van der Waals surface area (Å²) in [6.45, 7) is 2.16. The van der Waals surface area contributed by atoms with Crippen LogP contribution in [-0.4, -0.2) is 9.55 Å². The number of aryl methyl sites for hydroxylation is 1. The third-order valence-electron chi connectivity index (χ3n) is 3.19. The molecule has 0 saturated carbocycles. The second-order valence-corrected chi connectivity index (χ2v) is 4.70. The minimum absolute atomic E-state index is 0.943. The van der Waals surface area contributed by atoms with Crippen LogP contribution in [-0.2, 0) is 6.42 Å². The maximum Gasteiger partial charge on any atom is 0.121 e. The molecule has 0 aliphatic carbocycles. The molecule has 0 amide bonds. The molecule has 0 bridgehead atoms. The Morgan fingerprint density at radius 3 is 2.55 bits per heavy atom. The topological polar surface area (TPSA) is 17.8 Å². The minimum Gasteiger partial charge on any atom is -0.254 e. The zero-order valence-electron chi connectivity index (χ0n) is 11.5. The van der Waals surface area contributed by atoms with Crippen LogP contribution in [0.4, 0.5) is 0 Å². The van der Waals surface area contributed by atoms with Gasteiger partial charge in [-0.3, -0.25) is 4.57 Å². The molecule has 2 nitrogen and oxygen atoms in total. The molecule has 0 radical (unpaired) electrons. The molecular formula is C18H16N2. The van der Waals surface area contributed by atoms with Crippen molar-refractivity contribution in [3.8, 4) is 12.0 Å². The standard InChI is InChI=1S/C18H16N2/c1-2-8-18-19-16-11-6-7-12-17(16)20(18)14-13-15-9-4-3-5-10-15/h3-7,9-12H,2,8H2,1H3. The van der Waals surface area contributed by atoms with Crippen LogP contribution in [0.1, 0.15) is 24.7 Å². The Kier molecular flexibility index (Phi) is 3.52. The van der Waals surface area contributed by atoms with Gasteiger partial charge in [-0.2, -0.15) is 0 Å². The fourth-order valence-electron chi connectivity index (χ4n) is 2.23. The molecule has 1 heterocycles. The van der Waals surface area contributed by atoms with Crippen LogP contribution in [0.15, 0.2) is 54.6 Å². The second kappa shape index (κ2) is 5.63. The lowest BCUT2D eigenvalue weighted by molar-refractivity contribution is 0.828. The van der Waals surface area contributed by atoms with E-state index in [4.69, 9.17) is 0 Å². The number of hydrogen-bond donors (Lipinski definition) is 0. The van der Waals surface area contributed by atoms with Gasteiger partial charge in [0.05, 0.1) is 11.0 Å². The van der Waals surface area contributed by atoms with Crippen molar-refractivity contribution in [2.45, 2.75) is 19.8 Å². The van der Waals surface area contributed by atoms with Crippen molar-refractivity contribution in [3.05, 3.63) is 66.0 Å². The van der Waals surface area contributed by atoms with E-state index in [9.17, 15) is 0 Å². The predicted molar refractivity (Wildman–Crippen MR) is 82.4 cm³/mol. The van der Waals surface area contributed by atoms with Crippen molar-refractivity contribution >= 4 is 11.0 Å². The third kappa shape index (κ3) is 2.44. The van der Waals surface area contributed by atoms with E-state index in [1.807, 2.05) is 53.1 Å². The van der Waals surface area contributed by atoms with Crippen LogP contribution < -0.4 is 0 Å². The molecule has 0 aliphatic rings. The van der Waals surface area contributed by atoms with Gasteiger partial charge in [0.2, 0.25) is 0 Å². The SMILES string of the molecule is CCCc1nc2ccccc2n1C#Cc1ccccc1. The first kappa shape index (κ1) is 12.5. The summed E-state index contributed by atoms with van der Waals surface area (Å²) in [6, 6.07) is 21.4. The molecule has 20 heavy (non-hydrogen) atoms.